The molecular weight excluding hydrogens is 509 g/mol. The maximum Gasteiger partial charge on any atom is 0.410 e. The smallest absolute Gasteiger partial charge is 0.410 e. The number of halogens is 1. The van der Waals surface area contributed by atoms with Crippen LogP contribution in [0.25, 0.3) is 10.9 Å². The van der Waals surface area contributed by atoms with E-state index in [1.165, 1.54) is 6.07 Å². The molecule has 3 heterocycles. The highest BCUT2D eigenvalue weighted by molar-refractivity contribution is 5.97. The van der Waals surface area contributed by atoms with Crippen molar-refractivity contribution >= 4 is 34.1 Å². The van der Waals surface area contributed by atoms with Gasteiger partial charge in [-0.25, -0.2) is 9.18 Å². The van der Waals surface area contributed by atoms with Gasteiger partial charge in [-0.05, 0) is 76.3 Å². The van der Waals surface area contributed by atoms with Crippen LogP contribution in [0.1, 0.15) is 56.2 Å². The summed E-state index contributed by atoms with van der Waals surface area (Å²) >= 11 is 0. The molecule has 0 N–H and O–H groups in total. The third-order valence-corrected chi connectivity index (χ3v) is 7.98. The number of piperidine rings is 1. The number of fused-ring (bicyclic) bond motifs is 2. The van der Waals surface area contributed by atoms with Crippen molar-refractivity contribution in [3.8, 4) is 6.07 Å². The predicted molar refractivity (Wildman–Crippen MR) is 155 cm³/mol. The van der Waals surface area contributed by atoms with Crippen molar-refractivity contribution in [1.82, 2.24) is 9.47 Å². The molecule has 0 aliphatic carbocycles. The maximum absolute atomic E-state index is 14.6. The minimum absolute atomic E-state index is 0.00222. The minimum Gasteiger partial charge on any atom is -0.444 e. The van der Waals surface area contributed by atoms with Crippen LogP contribution in [0.2, 0.25) is 0 Å². The lowest BCUT2D eigenvalue weighted by Crippen LogP contribution is -2.41. The number of rotatable bonds is 2. The van der Waals surface area contributed by atoms with E-state index in [-0.39, 0.29) is 23.1 Å². The number of aromatic nitrogens is 1. The van der Waals surface area contributed by atoms with Crippen LogP contribution in [0.15, 0.2) is 35.1 Å². The summed E-state index contributed by atoms with van der Waals surface area (Å²) in [7, 11) is 3.71. The van der Waals surface area contributed by atoms with Crippen molar-refractivity contribution in [3.05, 3.63) is 63.2 Å². The molecule has 40 heavy (non-hydrogen) atoms. The van der Waals surface area contributed by atoms with E-state index in [9.17, 15) is 19.2 Å². The summed E-state index contributed by atoms with van der Waals surface area (Å²) in [6, 6.07) is 11.2. The number of carbonyl (C=O) groups excluding carboxylic acids is 1. The van der Waals surface area contributed by atoms with Gasteiger partial charge in [-0.2, -0.15) is 5.26 Å². The monoisotopic (exact) mass is 545 g/mol. The quantitative estimate of drug-likeness (QED) is 0.419. The first-order valence-electron chi connectivity index (χ1n) is 13.7. The summed E-state index contributed by atoms with van der Waals surface area (Å²) in [4.78, 5) is 31.5. The van der Waals surface area contributed by atoms with Crippen molar-refractivity contribution in [2.45, 2.75) is 52.1 Å². The summed E-state index contributed by atoms with van der Waals surface area (Å²) in [6.45, 7) is 9.89. The fourth-order valence-corrected chi connectivity index (χ4v) is 5.80. The van der Waals surface area contributed by atoms with Gasteiger partial charge in [0.15, 0.2) is 0 Å². The van der Waals surface area contributed by atoms with Crippen LogP contribution in [-0.2, 0) is 11.8 Å². The van der Waals surface area contributed by atoms with Crippen LogP contribution < -0.4 is 15.4 Å². The molecule has 0 saturated carbocycles. The van der Waals surface area contributed by atoms with Gasteiger partial charge in [0.1, 0.15) is 17.5 Å². The molecule has 1 saturated heterocycles. The van der Waals surface area contributed by atoms with Crippen molar-refractivity contribution in [2.24, 2.45) is 7.05 Å². The van der Waals surface area contributed by atoms with Crippen molar-refractivity contribution in [3.63, 3.8) is 0 Å². The summed E-state index contributed by atoms with van der Waals surface area (Å²) in [5, 5.41) is 10.5. The van der Waals surface area contributed by atoms with E-state index in [4.69, 9.17) is 4.74 Å². The van der Waals surface area contributed by atoms with Gasteiger partial charge in [-0.1, -0.05) is 0 Å². The normalized spacial score (nSPS) is 16.2. The van der Waals surface area contributed by atoms with E-state index >= 15 is 0 Å². The highest BCUT2D eigenvalue weighted by Gasteiger charge is 2.30. The lowest BCUT2D eigenvalue weighted by molar-refractivity contribution is 0.0205. The molecule has 8 nitrogen and oxygen atoms in total. The Morgan fingerprint density at radius 3 is 2.35 bits per heavy atom. The van der Waals surface area contributed by atoms with Crippen LogP contribution in [0.3, 0.4) is 0 Å². The largest absolute Gasteiger partial charge is 0.444 e. The molecule has 210 valence electrons. The summed E-state index contributed by atoms with van der Waals surface area (Å²) in [6.07, 6.45) is 1.25. The Morgan fingerprint density at radius 2 is 1.70 bits per heavy atom. The second-order valence-corrected chi connectivity index (χ2v) is 11.9. The van der Waals surface area contributed by atoms with Gasteiger partial charge in [0.2, 0.25) is 0 Å². The molecular formula is C31H36FN5O3. The molecule has 1 amide bonds. The number of carbonyl (C=O) groups is 1. The molecule has 0 bridgehead atoms. The van der Waals surface area contributed by atoms with Crippen LogP contribution in [-0.4, -0.2) is 54.4 Å². The summed E-state index contributed by atoms with van der Waals surface area (Å²) in [5.41, 5.74) is 4.35. The third kappa shape index (κ3) is 4.99. The van der Waals surface area contributed by atoms with E-state index in [1.54, 1.807) is 22.6 Å². The van der Waals surface area contributed by atoms with Crippen LogP contribution in [0.5, 0.6) is 0 Å². The molecule has 1 aromatic heterocycles. The number of pyridine rings is 1. The molecule has 0 radical (unpaired) electrons. The SMILES string of the molecule is Cc1cc2c(N3CCN(C)c4cc(F)c(C#N)cc43)cc(C3CCN(C(=O)OC(C)(C)C)CC3)cc2n(C)c1=O. The zero-order valence-electron chi connectivity index (χ0n) is 24.0. The first kappa shape index (κ1) is 27.5. The molecule has 1 fully saturated rings. The van der Waals surface area contributed by atoms with Gasteiger partial charge in [0.25, 0.3) is 5.56 Å². The number of amides is 1. The molecule has 9 heteroatoms. The number of anilines is 3. The topological polar surface area (TPSA) is 81.8 Å². The summed E-state index contributed by atoms with van der Waals surface area (Å²) < 4.78 is 21.9. The van der Waals surface area contributed by atoms with Crippen LogP contribution in [0, 0.1) is 24.1 Å². The fourth-order valence-electron chi connectivity index (χ4n) is 5.80. The number of benzene rings is 2. The molecule has 0 unspecified atom stereocenters. The molecule has 2 aliphatic heterocycles. The summed E-state index contributed by atoms with van der Waals surface area (Å²) in [5.74, 6) is -0.350. The van der Waals surface area contributed by atoms with Crippen LogP contribution >= 0.6 is 0 Å². The Hall–Kier alpha value is -4.06. The highest BCUT2D eigenvalue weighted by atomic mass is 19.1. The second kappa shape index (κ2) is 10.2. The number of likely N-dealkylation sites (N-methyl/N-ethyl adjacent to an activating group) is 1. The molecule has 5 rings (SSSR count). The number of nitrogens with zero attached hydrogens (tertiary/aromatic N) is 5. The van der Waals surface area contributed by atoms with E-state index in [0.717, 1.165) is 40.7 Å². The highest BCUT2D eigenvalue weighted by Crippen LogP contribution is 2.43. The predicted octanol–water partition coefficient (Wildman–Crippen LogP) is 5.56. The number of ether oxygens (including phenoxy) is 1. The first-order valence-corrected chi connectivity index (χ1v) is 13.7. The van der Waals surface area contributed by atoms with E-state index in [0.29, 0.717) is 37.4 Å². The van der Waals surface area contributed by atoms with Gasteiger partial charge in [0, 0.05) is 57.3 Å². The molecule has 2 aliphatic rings. The lowest BCUT2D eigenvalue weighted by atomic mass is 9.88. The molecule has 3 aromatic rings. The third-order valence-electron chi connectivity index (χ3n) is 7.98. The molecule has 2 aromatic carbocycles. The zero-order chi connectivity index (χ0) is 28.9. The Bertz CT molecular complexity index is 1590. The zero-order valence-corrected chi connectivity index (χ0v) is 24.0. The van der Waals surface area contributed by atoms with E-state index in [2.05, 4.69) is 17.0 Å². The second-order valence-electron chi connectivity index (χ2n) is 11.9. The molecule has 0 atom stereocenters. The van der Waals surface area contributed by atoms with Gasteiger partial charge in [-0.15, -0.1) is 0 Å². The fraction of sp³-hybridized carbons (Fsp3) is 0.452. The van der Waals surface area contributed by atoms with Gasteiger partial charge in [0.05, 0.1) is 28.1 Å². The number of likely N-dealkylation sites (tertiary alicyclic amines) is 1. The average molecular weight is 546 g/mol. The van der Waals surface area contributed by atoms with E-state index in [1.807, 2.05) is 51.8 Å². The van der Waals surface area contributed by atoms with Gasteiger partial charge in [-0.3, -0.25) is 4.79 Å². The van der Waals surface area contributed by atoms with Crippen molar-refractivity contribution < 1.29 is 13.9 Å². The van der Waals surface area contributed by atoms with Crippen LogP contribution in [0.4, 0.5) is 26.2 Å². The Morgan fingerprint density at radius 1 is 1.00 bits per heavy atom. The average Bonchev–Trinajstić information content (AvgIpc) is 2.91. The number of hydrogen-bond donors (Lipinski definition) is 0. The first-order chi connectivity index (χ1) is 18.9. The maximum atomic E-state index is 14.6. The minimum atomic E-state index is -0.544. The standard InChI is InChI=1S/C31H36FN5O3/c1-19-13-23-25(35(6)29(19)38)14-21(20-7-9-36(10-8-20)30(39)40-31(2,3)4)15-26(23)37-12-11-34(5)27-17-24(32)22(18-33)16-28(27)37/h13-17,20H,7-12H2,1-6H3. The van der Waals surface area contributed by atoms with Crippen molar-refractivity contribution in [1.29, 1.82) is 5.26 Å². The number of aryl methyl sites for hydroxylation is 2. The molecule has 0 spiro atoms. The van der Waals surface area contributed by atoms with Crippen molar-refractivity contribution in [2.75, 3.05) is 43.0 Å². The Balaban J connectivity index is 1.59. The number of hydrogen-bond acceptors (Lipinski definition) is 6. The Labute approximate surface area is 234 Å². The van der Waals surface area contributed by atoms with Gasteiger partial charge < -0.3 is 24.0 Å². The Kier molecular flexibility index (Phi) is 6.99. The number of nitriles is 1. The van der Waals surface area contributed by atoms with Gasteiger partial charge >= 0.3 is 6.09 Å². The van der Waals surface area contributed by atoms with E-state index < -0.39 is 11.4 Å². The lowest BCUT2D eigenvalue weighted by Gasteiger charge is -2.38.